The molecule has 0 aromatic heterocycles. The largest absolute Gasteiger partial charge is 0.384 e. The summed E-state index contributed by atoms with van der Waals surface area (Å²) >= 11 is 5.81. The molecule has 0 atom stereocenters. The van der Waals surface area contributed by atoms with Gasteiger partial charge in [0.25, 0.3) is 0 Å². The molecule has 3 rings (SSSR count). The van der Waals surface area contributed by atoms with Gasteiger partial charge < -0.3 is 15.5 Å². The minimum atomic E-state index is 0.776. The van der Waals surface area contributed by atoms with Gasteiger partial charge in [0, 0.05) is 36.0 Å². The van der Waals surface area contributed by atoms with Gasteiger partial charge in [-0.25, -0.2) is 0 Å². The average molecular weight is 382 g/mol. The van der Waals surface area contributed by atoms with E-state index in [-0.39, 0.29) is 0 Å². The van der Waals surface area contributed by atoms with Crippen molar-refractivity contribution in [2.24, 2.45) is 0 Å². The average Bonchev–Trinajstić information content (AvgIpc) is 2.69. The fourth-order valence-corrected chi connectivity index (χ4v) is 2.47. The van der Waals surface area contributed by atoms with Gasteiger partial charge in [-0.2, -0.15) is 0 Å². The predicted octanol–water partition coefficient (Wildman–Crippen LogP) is 5.61. The molecule has 0 radical (unpaired) electrons. The van der Waals surface area contributed by atoms with E-state index in [9.17, 15) is 0 Å². The summed E-state index contributed by atoms with van der Waals surface area (Å²) in [7, 11) is 4.15. The van der Waals surface area contributed by atoms with Gasteiger partial charge >= 0.3 is 0 Å². The van der Waals surface area contributed by atoms with Crippen LogP contribution >= 0.6 is 11.6 Å². The molecular weight excluding hydrogens is 354 g/mol. The highest BCUT2D eigenvalue weighted by molar-refractivity contribution is 6.30. The first kappa shape index (κ1) is 20.8. The van der Waals surface area contributed by atoms with E-state index in [0.29, 0.717) is 0 Å². The lowest BCUT2D eigenvalue weighted by Gasteiger charge is -2.10. The molecule has 142 valence electrons. The summed E-state index contributed by atoms with van der Waals surface area (Å²) in [5.74, 6) is 0. The third kappa shape index (κ3) is 9.13. The van der Waals surface area contributed by atoms with Crippen LogP contribution in [0.1, 0.15) is 5.56 Å². The van der Waals surface area contributed by atoms with Gasteiger partial charge in [0.1, 0.15) is 0 Å². The number of nitrogens with one attached hydrogen (secondary N) is 2. The van der Waals surface area contributed by atoms with Gasteiger partial charge in [-0.3, -0.25) is 0 Å². The zero-order chi connectivity index (χ0) is 19.3. The second-order valence-electron chi connectivity index (χ2n) is 6.44. The Labute approximate surface area is 168 Å². The van der Waals surface area contributed by atoms with Crippen molar-refractivity contribution in [2.75, 3.05) is 37.8 Å². The van der Waals surface area contributed by atoms with E-state index in [1.807, 2.05) is 60.7 Å². The molecule has 0 aliphatic carbocycles. The first-order valence-electron chi connectivity index (χ1n) is 9.10. The molecule has 0 heterocycles. The van der Waals surface area contributed by atoms with E-state index < -0.39 is 0 Å². The fourth-order valence-electron chi connectivity index (χ4n) is 2.34. The Morgan fingerprint density at radius 3 is 1.74 bits per heavy atom. The third-order valence-electron chi connectivity index (χ3n) is 3.85. The molecule has 27 heavy (non-hydrogen) atoms. The van der Waals surface area contributed by atoms with Crippen molar-refractivity contribution < 1.29 is 0 Å². The lowest BCUT2D eigenvalue weighted by molar-refractivity contribution is 0.425. The molecule has 3 aromatic rings. The van der Waals surface area contributed by atoms with Crippen molar-refractivity contribution in [3.8, 4) is 0 Å². The van der Waals surface area contributed by atoms with Crippen LogP contribution in [0.5, 0.6) is 0 Å². The monoisotopic (exact) mass is 381 g/mol. The second kappa shape index (κ2) is 12.0. The summed E-state index contributed by atoms with van der Waals surface area (Å²) < 4.78 is 0. The molecule has 3 aromatic carbocycles. The maximum atomic E-state index is 5.81. The summed E-state index contributed by atoms with van der Waals surface area (Å²) in [5, 5.41) is 7.45. The van der Waals surface area contributed by atoms with Crippen LogP contribution < -0.4 is 10.6 Å². The van der Waals surface area contributed by atoms with Crippen molar-refractivity contribution in [1.29, 1.82) is 0 Å². The number of nitrogens with zero attached hydrogens (tertiary/aromatic N) is 1. The van der Waals surface area contributed by atoms with Crippen LogP contribution in [0.4, 0.5) is 11.4 Å². The Balaban J connectivity index is 0.000000199. The van der Waals surface area contributed by atoms with Gasteiger partial charge in [0.2, 0.25) is 0 Å². The molecule has 4 heteroatoms. The molecule has 0 saturated carbocycles. The number of likely N-dealkylation sites (N-methyl/N-ethyl adjacent to an activating group) is 1. The zero-order valence-electron chi connectivity index (χ0n) is 16.0. The van der Waals surface area contributed by atoms with Gasteiger partial charge in [-0.15, -0.1) is 0 Å². The number of hydrogen-bond donors (Lipinski definition) is 2. The fraction of sp³-hybridized carbons (Fsp3) is 0.217. The standard InChI is InChI=1S/C13H12ClN.C10H16N2/c14-12-8-6-11(7-9-12)10-15-13-4-2-1-3-5-13;1-12(2)9-8-11-10-6-4-3-5-7-10/h1-9,15H,10H2;3-7,11H,8-9H2,1-2H3. The maximum absolute atomic E-state index is 5.81. The molecule has 0 amide bonds. The first-order valence-corrected chi connectivity index (χ1v) is 9.48. The quantitative estimate of drug-likeness (QED) is 0.556. The Bertz CT molecular complexity index is 744. The smallest absolute Gasteiger partial charge is 0.0406 e. The number of hydrogen-bond acceptors (Lipinski definition) is 3. The SMILES string of the molecule is CN(C)CCNc1ccccc1.Clc1ccc(CNc2ccccc2)cc1. The number of benzene rings is 3. The van der Waals surface area contributed by atoms with E-state index in [1.54, 1.807) is 0 Å². The van der Waals surface area contributed by atoms with Gasteiger partial charge in [0.05, 0.1) is 0 Å². The van der Waals surface area contributed by atoms with Crippen LogP contribution in [-0.4, -0.2) is 32.1 Å². The van der Waals surface area contributed by atoms with Crippen molar-refractivity contribution in [1.82, 2.24) is 4.90 Å². The maximum Gasteiger partial charge on any atom is 0.0406 e. The van der Waals surface area contributed by atoms with Crippen molar-refractivity contribution in [3.05, 3.63) is 95.5 Å². The molecule has 0 bridgehead atoms. The first-order chi connectivity index (χ1) is 13.1. The van der Waals surface area contributed by atoms with Gasteiger partial charge in [-0.1, -0.05) is 60.1 Å². The molecular formula is C23H28ClN3. The van der Waals surface area contributed by atoms with Crippen LogP contribution in [0, 0.1) is 0 Å². The summed E-state index contributed by atoms with van der Waals surface area (Å²) in [6.45, 7) is 2.88. The van der Waals surface area contributed by atoms with Crippen LogP contribution in [0.2, 0.25) is 5.02 Å². The molecule has 3 nitrogen and oxygen atoms in total. The molecule has 0 spiro atoms. The van der Waals surface area contributed by atoms with Gasteiger partial charge in [-0.05, 0) is 56.1 Å². The zero-order valence-corrected chi connectivity index (χ0v) is 16.8. The van der Waals surface area contributed by atoms with E-state index in [4.69, 9.17) is 11.6 Å². The van der Waals surface area contributed by atoms with E-state index >= 15 is 0 Å². The highest BCUT2D eigenvalue weighted by atomic mass is 35.5. The Hall–Kier alpha value is -2.49. The van der Waals surface area contributed by atoms with Crippen LogP contribution in [0.15, 0.2) is 84.9 Å². The Kier molecular flexibility index (Phi) is 9.25. The summed E-state index contributed by atoms with van der Waals surface area (Å²) in [4.78, 5) is 2.16. The second-order valence-corrected chi connectivity index (χ2v) is 6.88. The number of anilines is 2. The molecule has 0 unspecified atom stereocenters. The minimum Gasteiger partial charge on any atom is -0.384 e. The Morgan fingerprint density at radius 2 is 1.22 bits per heavy atom. The third-order valence-corrected chi connectivity index (χ3v) is 4.10. The number of rotatable bonds is 7. The Morgan fingerprint density at radius 1 is 0.704 bits per heavy atom. The van der Waals surface area contributed by atoms with E-state index in [0.717, 1.165) is 30.3 Å². The summed E-state index contributed by atoms with van der Waals surface area (Å²) in [6.07, 6.45) is 0. The number of para-hydroxylation sites is 2. The summed E-state index contributed by atoms with van der Waals surface area (Å²) in [6, 6.07) is 28.3. The van der Waals surface area contributed by atoms with Crippen molar-refractivity contribution >= 4 is 23.0 Å². The van der Waals surface area contributed by atoms with Crippen molar-refractivity contribution in [2.45, 2.75) is 6.54 Å². The molecule has 0 aliphatic rings. The molecule has 0 fully saturated rings. The van der Waals surface area contributed by atoms with Crippen LogP contribution in [0.3, 0.4) is 0 Å². The lowest BCUT2D eigenvalue weighted by Crippen LogP contribution is -2.20. The summed E-state index contributed by atoms with van der Waals surface area (Å²) in [5.41, 5.74) is 3.55. The highest BCUT2D eigenvalue weighted by Gasteiger charge is 1.93. The highest BCUT2D eigenvalue weighted by Crippen LogP contribution is 2.12. The topological polar surface area (TPSA) is 27.3 Å². The van der Waals surface area contributed by atoms with Crippen molar-refractivity contribution in [3.63, 3.8) is 0 Å². The normalized spacial score (nSPS) is 10.1. The van der Waals surface area contributed by atoms with Gasteiger partial charge in [0.15, 0.2) is 0 Å². The minimum absolute atomic E-state index is 0.776. The van der Waals surface area contributed by atoms with Crippen LogP contribution in [-0.2, 0) is 6.54 Å². The lowest BCUT2D eigenvalue weighted by atomic mass is 10.2. The predicted molar refractivity (Wildman–Crippen MR) is 119 cm³/mol. The molecule has 0 saturated heterocycles. The van der Waals surface area contributed by atoms with E-state index in [1.165, 1.54) is 11.3 Å². The van der Waals surface area contributed by atoms with E-state index in [2.05, 4.69) is 53.9 Å². The molecule has 2 N–H and O–H groups in total. The molecule has 0 aliphatic heterocycles. The van der Waals surface area contributed by atoms with Crippen LogP contribution in [0.25, 0.3) is 0 Å². The number of halogens is 1.